The summed E-state index contributed by atoms with van der Waals surface area (Å²) in [5, 5.41) is 13.6. The highest BCUT2D eigenvalue weighted by Crippen LogP contribution is 2.48. The second-order valence-electron chi connectivity index (χ2n) is 11.0. The molecule has 192 valence electrons. The van der Waals surface area contributed by atoms with Crippen LogP contribution in [0.5, 0.6) is 5.75 Å². The summed E-state index contributed by atoms with van der Waals surface area (Å²) in [7, 11) is 0. The molecule has 0 amide bonds. The number of carboxylic acids is 1. The Morgan fingerprint density at radius 2 is 1.83 bits per heavy atom. The summed E-state index contributed by atoms with van der Waals surface area (Å²) in [6.07, 6.45) is -0.0799. The molecule has 0 saturated heterocycles. The summed E-state index contributed by atoms with van der Waals surface area (Å²) in [5.74, 6) is -0.733. The minimum absolute atomic E-state index is 0.0188. The predicted molar refractivity (Wildman–Crippen MR) is 130 cm³/mol. The smallest absolute Gasteiger partial charge is 0.420 e. The number of carbonyl (C=O) groups is 1. The topological polar surface area (TPSA) is 58.6 Å². The number of hydrogen-bond acceptors (Lipinski definition) is 3. The minimum atomic E-state index is -4.55. The monoisotopic (exact) mass is 491 g/mol. The first-order chi connectivity index (χ1) is 16.4. The molecule has 7 heteroatoms. The fraction of sp³-hybridized carbons (Fsp3) is 0.607. The van der Waals surface area contributed by atoms with Gasteiger partial charge in [-0.25, -0.2) is 0 Å². The van der Waals surface area contributed by atoms with Crippen LogP contribution in [0.15, 0.2) is 30.3 Å². The van der Waals surface area contributed by atoms with E-state index in [4.69, 9.17) is 4.74 Å². The highest BCUT2D eigenvalue weighted by atomic mass is 19.4. The van der Waals surface area contributed by atoms with Gasteiger partial charge in [-0.3, -0.25) is 4.79 Å². The highest BCUT2D eigenvalue weighted by Gasteiger charge is 2.52. The fourth-order valence-corrected chi connectivity index (χ4v) is 5.77. The molecule has 3 atom stereocenters. The summed E-state index contributed by atoms with van der Waals surface area (Å²) in [6, 6.07) is 8.21. The first-order valence-electron chi connectivity index (χ1n) is 12.7. The van der Waals surface area contributed by atoms with Gasteiger partial charge in [0.1, 0.15) is 11.3 Å². The van der Waals surface area contributed by atoms with Crippen molar-refractivity contribution < 1.29 is 27.8 Å². The van der Waals surface area contributed by atoms with Gasteiger partial charge in [0.05, 0.1) is 12.0 Å². The normalized spacial score (nSPS) is 27.3. The van der Waals surface area contributed by atoms with Crippen LogP contribution in [0.3, 0.4) is 0 Å². The molecule has 2 aliphatic rings. The van der Waals surface area contributed by atoms with Gasteiger partial charge in [-0.2, -0.15) is 13.2 Å². The predicted octanol–water partition coefficient (Wildman–Crippen LogP) is 7.36. The quantitative estimate of drug-likeness (QED) is 0.425. The Morgan fingerprint density at radius 3 is 2.40 bits per heavy atom. The average molecular weight is 492 g/mol. The molecule has 0 radical (unpaired) electrons. The lowest BCUT2D eigenvalue weighted by molar-refractivity contribution is -0.155. The van der Waals surface area contributed by atoms with Crippen molar-refractivity contribution in [2.45, 2.75) is 90.6 Å². The molecular weight excluding hydrogens is 455 g/mol. The van der Waals surface area contributed by atoms with Crippen LogP contribution >= 0.6 is 0 Å². The van der Waals surface area contributed by atoms with Crippen molar-refractivity contribution in [1.82, 2.24) is 5.32 Å². The number of carboxylic acid groups (broad SMARTS) is 1. The van der Waals surface area contributed by atoms with E-state index < -0.39 is 29.0 Å². The Morgan fingerprint density at radius 1 is 1.17 bits per heavy atom. The van der Waals surface area contributed by atoms with Crippen LogP contribution in [0.4, 0.5) is 13.2 Å². The van der Waals surface area contributed by atoms with Gasteiger partial charge in [0.15, 0.2) is 0 Å². The lowest BCUT2D eigenvalue weighted by Crippen LogP contribution is -2.59. The zero-order chi connectivity index (χ0) is 25.5. The van der Waals surface area contributed by atoms with Gasteiger partial charge in [-0.05, 0) is 78.3 Å². The van der Waals surface area contributed by atoms with E-state index in [0.29, 0.717) is 24.1 Å². The molecule has 4 nitrogen and oxygen atoms in total. The third-order valence-electron chi connectivity index (χ3n) is 8.33. The zero-order valence-electron chi connectivity index (χ0n) is 20.9. The second-order valence-corrected chi connectivity index (χ2v) is 11.0. The van der Waals surface area contributed by atoms with Gasteiger partial charge in [-0.15, -0.1) is 0 Å². The van der Waals surface area contributed by atoms with Crippen LogP contribution in [0.2, 0.25) is 0 Å². The molecule has 2 aromatic carbocycles. The molecule has 2 aliphatic carbocycles. The number of ether oxygens (including phenoxy) is 1. The molecule has 0 aliphatic heterocycles. The van der Waals surface area contributed by atoms with Crippen LogP contribution in [-0.4, -0.2) is 23.2 Å². The Bertz CT molecular complexity index is 1070. The molecule has 0 heterocycles. The van der Waals surface area contributed by atoms with Crippen molar-refractivity contribution in [3.63, 3.8) is 0 Å². The summed E-state index contributed by atoms with van der Waals surface area (Å²) >= 11 is 0. The van der Waals surface area contributed by atoms with E-state index >= 15 is 0 Å². The lowest BCUT2D eigenvalue weighted by Gasteiger charge is -2.51. The van der Waals surface area contributed by atoms with Crippen molar-refractivity contribution in [3.05, 3.63) is 41.5 Å². The Hall–Kier alpha value is -2.28. The van der Waals surface area contributed by atoms with Gasteiger partial charge in [0.2, 0.25) is 0 Å². The SMILES string of the molecule is CCC(NC1CC(C(=O)O)C1(C)C)c1ccc2ccc(OC3CCC(C)CC3)c(C(F)(F)F)c2c1. The number of nitrogens with one attached hydrogen (secondary N) is 1. The molecular formula is C28H36F3NO3. The average Bonchev–Trinajstić information content (AvgIpc) is 2.78. The van der Waals surface area contributed by atoms with Gasteiger partial charge in [0, 0.05) is 12.1 Å². The maximum atomic E-state index is 14.4. The van der Waals surface area contributed by atoms with E-state index in [1.165, 1.54) is 6.07 Å². The molecule has 2 N–H and O–H groups in total. The van der Waals surface area contributed by atoms with Gasteiger partial charge in [0.25, 0.3) is 0 Å². The first-order valence-corrected chi connectivity index (χ1v) is 12.7. The number of fused-ring (bicyclic) bond motifs is 1. The largest absolute Gasteiger partial charge is 0.490 e. The summed E-state index contributed by atoms with van der Waals surface area (Å²) < 4.78 is 49.0. The fourth-order valence-electron chi connectivity index (χ4n) is 5.77. The van der Waals surface area contributed by atoms with Gasteiger partial charge in [-0.1, -0.05) is 45.9 Å². The zero-order valence-corrected chi connectivity index (χ0v) is 20.9. The van der Waals surface area contributed by atoms with Gasteiger partial charge >= 0.3 is 12.1 Å². The van der Waals surface area contributed by atoms with Crippen molar-refractivity contribution in [1.29, 1.82) is 0 Å². The van der Waals surface area contributed by atoms with Crippen molar-refractivity contribution in [2.75, 3.05) is 0 Å². The van der Waals surface area contributed by atoms with Crippen molar-refractivity contribution >= 4 is 16.7 Å². The van der Waals surface area contributed by atoms with E-state index in [-0.39, 0.29) is 29.3 Å². The molecule has 2 fully saturated rings. The molecule has 0 bridgehead atoms. The number of hydrogen-bond donors (Lipinski definition) is 2. The van der Waals surface area contributed by atoms with Gasteiger partial charge < -0.3 is 15.2 Å². The molecule has 0 aromatic heterocycles. The molecule has 2 aromatic rings. The summed E-state index contributed by atoms with van der Waals surface area (Å²) in [6.45, 7) is 8.00. The van der Waals surface area contributed by atoms with Crippen LogP contribution < -0.4 is 10.1 Å². The Balaban J connectivity index is 1.65. The van der Waals surface area contributed by atoms with Crippen molar-refractivity contribution in [3.8, 4) is 5.75 Å². The van der Waals surface area contributed by atoms with Crippen molar-refractivity contribution in [2.24, 2.45) is 17.3 Å². The molecule has 35 heavy (non-hydrogen) atoms. The van der Waals surface area contributed by atoms with E-state index in [0.717, 1.165) is 31.2 Å². The van der Waals surface area contributed by atoms with Crippen LogP contribution in [0.1, 0.15) is 83.4 Å². The number of benzene rings is 2. The molecule has 4 rings (SSSR count). The van der Waals surface area contributed by atoms with E-state index in [2.05, 4.69) is 12.2 Å². The third-order valence-corrected chi connectivity index (χ3v) is 8.33. The molecule has 0 spiro atoms. The van der Waals surface area contributed by atoms with Crippen LogP contribution in [0, 0.1) is 17.3 Å². The lowest BCUT2D eigenvalue weighted by atomic mass is 9.58. The number of alkyl halides is 3. The Kier molecular flexibility index (Phi) is 7.11. The number of rotatable bonds is 7. The maximum Gasteiger partial charge on any atom is 0.420 e. The molecule has 2 saturated carbocycles. The standard InChI is InChI=1S/C28H36F3NO3/c1-5-22(32-24-15-21(26(33)34)27(24,3)4)18-9-8-17-10-13-23(25(20(17)14-18)28(29,30)31)35-19-11-6-16(2)7-12-19/h8-10,13-14,16,19,21-22,24,32H,5-7,11-12,15H2,1-4H3,(H,33,34). The first kappa shape index (κ1) is 25.8. The summed E-state index contributed by atoms with van der Waals surface area (Å²) in [5.41, 5.74) is -0.366. The maximum absolute atomic E-state index is 14.4. The minimum Gasteiger partial charge on any atom is -0.490 e. The molecule has 3 unspecified atom stereocenters. The second kappa shape index (κ2) is 9.64. The number of aliphatic carboxylic acids is 1. The number of halogens is 3. The van der Waals surface area contributed by atoms with Crippen LogP contribution in [0.25, 0.3) is 10.8 Å². The van der Waals surface area contributed by atoms with Crippen LogP contribution in [-0.2, 0) is 11.0 Å². The highest BCUT2D eigenvalue weighted by molar-refractivity contribution is 5.89. The summed E-state index contributed by atoms with van der Waals surface area (Å²) in [4.78, 5) is 11.5. The third kappa shape index (κ3) is 5.16. The van der Waals surface area contributed by atoms with E-state index in [1.54, 1.807) is 18.2 Å². The van der Waals surface area contributed by atoms with E-state index in [9.17, 15) is 23.1 Å². The van der Waals surface area contributed by atoms with E-state index in [1.807, 2.05) is 26.8 Å². The Labute approximate surface area is 205 Å².